The minimum atomic E-state index is 0.109. The summed E-state index contributed by atoms with van der Waals surface area (Å²) in [5.74, 6) is 5.60. The first kappa shape index (κ1) is 12.7. The maximum absolute atomic E-state index is 5.60. The molecule has 0 saturated carbocycles. The van der Waals surface area contributed by atoms with Crippen LogP contribution in [0.4, 0.5) is 0 Å². The molecule has 2 heterocycles. The van der Waals surface area contributed by atoms with Gasteiger partial charge in [0, 0.05) is 17.5 Å². The molecule has 0 radical (unpaired) electrons. The van der Waals surface area contributed by atoms with Gasteiger partial charge < -0.3 is 0 Å². The van der Waals surface area contributed by atoms with Crippen molar-refractivity contribution in [3.8, 4) is 0 Å². The SMILES string of the molecule is NNC(Cc1cncs1)c1cc(Br)sc1Br. The predicted molar refractivity (Wildman–Crippen MR) is 75.6 cm³/mol. The largest absolute Gasteiger partial charge is 0.271 e. The van der Waals surface area contributed by atoms with E-state index < -0.39 is 0 Å². The summed E-state index contributed by atoms with van der Waals surface area (Å²) >= 11 is 10.3. The van der Waals surface area contributed by atoms with Crippen molar-refractivity contribution >= 4 is 54.5 Å². The highest BCUT2D eigenvalue weighted by atomic mass is 79.9. The normalized spacial score (nSPS) is 12.9. The highest BCUT2D eigenvalue weighted by molar-refractivity contribution is 9.12. The smallest absolute Gasteiger partial charge is 0.0794 e. The van der Waals surface area contributed by atoms with Gasteiger partial charge >= 0.3 is 0 Å². The molecule has 3 N–H and O–H groups in total. The van der Waals surface area contributed by atoms with Crippen LogP contribution in [-0.2, 0) is 6.42 Å². The van der Waals surface area contributed by atoms with E-state index in [0.29, 0.717) is 0 Å². The fourth-order valence-corrected chi connectivity index (χ4v) is 5.01. The maximum atomic E-state index is 5.60. The third kappa shape index (κ3) is 2.91. The van der Waals surface area contributed by atoms with Crippen molar-refractivity contribution in [3.05, 3.63) is 35.8 Å². The molecular formula is C9H9Br2N3S2. The summed E-state index contributed by atoms with van der Waals surface area (Å²) in [6.45, 7) is 0. The van der Waals surface area contributed by atoms with Crippen molar-refractivity contribution in [2.75, 3.05) is 0 Å². The van der Waals surface area contributed by atoms with Gasteiger partial charge in [-0.15, -0.1) is 22.7 Å². The van der Waals surface area contributed by atoms with Crippen LogP contribution in [0.25, 0.3) is 0 Å². The van der Waals surface area contributed by atoms with Gasteiger partial charge in [0.25, 0.3) is 0 Å². The topological polar surface area (TPSA) is 50.9 Å². The predicted octanol–water partition coefficient (Wildman–Crippen LogP) is 3.48. The van der Waals surface area contributed by atoms with Gasteiger partial charge in [-0.2, -0.15) is 0 Å². The highest BCUT2D eigenvalue weighted by Crippen LogP contribution is 2.36. The minimum Gasteiger partial charge on any atom is -0.271 e. The number of hydrogen-bond acceptors (Lipinski definition) is 5. The van der Waals surface area contributed by atoms with Gasteiger partial charge in [-0.25, -0.2) is 0 Å². The first-order chi connectivity index (χ1) is 7.70. The Kier molecular flexibility index (Phi) is 4.51. The van der Waals surface area contributed by atoms with Crippen LogP contribution in [0.5, 0.6) is 0 Å². The van der Waals surface area contributed by atoms with Gasteiger partial charge in [0.2, 0.25) is 0 Å². The van der Waals surface area contributed by atoms with Crippen LogP contribution in [0.15, 0.2) is 25.3 Å². The van der Waals surface area contributed by atoms with Crippen LogP contribution < -0.4 is 11.3 Å². The van der Waals surface area contributed by atoms with Gasteiger partial charge in [-0.05, 0) is 43.5 Å². The molecule has 3 nitrogen and oxygen atoms in total. The summed E-state index contributed by atoms with van der Waals surface area (Å²) in [6.07, 6.45) is 2.73. The lowest BCUT2D eigenvalue weighted by molar-refractivity contribution is 0.555. The molecule has 7 heteroatoms. The number of hydrogen-bond donors (Lipinski definition) is 2. The standard InChI is InChI=1S/C9H9Br2N3S2/c10-8-2-6(9(11)16-8)7(14-12)1-5-3-13-4-15-5/h2-4,7,14H,1,12H2. The van der Waals surface area contributed by atoms with Crippen molar-refractivity contribution in [1.82, 2.24) is 10.4 Å². The van der Waals surface area contributed by atoms with Gasteiger partial charge in [-0.1, -0.05) is 0 Å². The van der Waals surface area contributed by atoms with Crippen molar-refractivity contribution in [3.63, 3.8) is 0 Å². The summed E-state index contributed by atoms with van der Waals surface area (Å²) in [4.78, 5) is 5.28. The van der Waals surface area contributed by atoms with Crippen LogP contribution in [-0.4, -0.2) is 4.98 Å². The molecule has 0 bridgehead atoms. The molecule has 0 fully saturated rings. The summed E-state index contributed by atoms with van der Waals surface area (Å²) in [5, 5.41) is 0. The third-order valence-corrected chi connectivity index (χ3v) is 5.34. The lowest BCUT2D eigenvalue weighted by atomic mass is 10.1. The molecule has 0 aromatic carbocycles. The Hall–Kier alpha value is 0.210. The Morgan fingerprint density at radius 2 is 2.31 bits per heavy atom. The molecule has 0 saturated heterocycles. The van der Waals surface area contributed by atoms with Crippen LogP contribution in [0.3, 0.4) is 0 Å². The summed E-state index contributed by atoms with van der Waals surface area (Å²) < 4.78 is 2.20. The van der Waals surface area contributed by atoms with E-state index in [1.165, 1.54) is 10.4 Å². The Bertz CT molecular complexity index is 455. The van der Waals surface area contributed by atoms with Crippen molar-refractivity contribution in [1.29, 1.82) is 0 Å². The number of hydrazine groups is 1. The van der Waals surface area contributed by atoms with E-state index in [1.54, 1.807) is 22.7 Å². The average molecular weight is 383 g/mol. The molecule has 0 aliphatic heterocycles. The second-order valence-electron chi connectivity index (χ2n) is 3.17. The van der Waals surface area contributed by atoms with E-state index in [1.807, 2.05) is 11.7 Å². The zero-order valence-electron chi connectivity index (χ0n) is 8.11. The van der Waals surface area contributed by atoms with E-state index in [4.69, 9.17) is 5.84 Å². The van der Waals surface area contributed by atoms with Crippen molar-refractivity contribution in [2.24, 2.45) is 5.84 Å². The molecule has 0 aliphatic rings. The summed E-state index contributed by atoms with van der Waals surface area (Å²) in [6, 6.07) is 2.19. The fraction of sp³-hybridized carbons (Fsp3) is 0.222. The van der Waals surface area contributed by atoms with Crippen LogP contribution in [0, 0.1) is 0 Å². The fourth-order valence-electron chi connectivity index (χ4n) is 1.39. The molecular weight excluding hydrogens is 374 g/mol. The Morgan fingerprint density at radius 3 is 2.81 bits per heavy atom. The van der Waals surface area contributed by atoms with Gasteiger partial charge in [0.15, 0.2) is 0 Å². The quantitative estimate of drug-likeness (QED) is 0.628. The first-order valence-electron chi connectivity index (χ1n) is 4.49. The molecule has 0 amide bonds. The zero-order valence-corrected chi connectivity index (χ0v) is 12.9. The number of nitrogens with two attached hydrogens (primary N) is 1. The summed E-state index contributed by atoms with van der Waals surface area (Å²) in [5.41, 5.74) is 5.85. The average Bonchev–Trinajstić information content (AvgIpc) is 2.85. The number of rotatable bonds is 4. The van der Waals surface area contributed by atoms with E-state index in [2.05, 4.69) is 48.3 Å². The second kappa shape index (κ2) is 5.70. The zero-order chi connectivity index (χ0) is 11.5. The van der Waals surface area contributed by atoms with E-state index >= 15 is 0 Å². The van der Waals surface area contributed by atoms with Crippen molar-refractivity contribution < 1.29 is 0 Å². The van der Waals surface area contributed by atoms with E-state index in [0.717, 1.165) is 14.0 Å². The van der Waals surface area contributed by atoms with E-state index in [9.17, 15) is 0 Å². The molecule has 16 heavy (non-hydrogen) atoms. The number of halogens is 2. The van der Waals surface area contributed by atoms with Crippen LogP contribution in [0.2, 0.25) is 0 Å². The van der Waals surface area contributed by atoms with Gasteiger partial charge in [0.1, 0.15) is 0 Å². The number of aromatic nitrogens is 1. The minimum absolute atomic E-state index is 0.109. The third-order valence-electron chi connectivity index (χ3n) is 2.15. The van der Waals surface area contributed by atoms with Gasteiger partial charge in [0.05, 0.1) is 19.1 Å². The molecule has 0 aliphatic carbocycles. The number of thiazole rings is 1. The molecule has 1 unspecified atom stereocenters. The van der Waals surface area contributed by atoms with E-state index in [-0.39, 0.29) is 6.04 Å². The lowest BCUT2D eigenvalue weighted by Crippen LogP contribution is -2.29. The van der Waals surface area contributed by atoms with Crippen LogP contribution in [0.1, 0.15) is 16.5 Å². The van der Waals surface area contributed by atoms with Crippen LogP contribution >= 0.6 is 54.5 Å². The maximum Gasteiger partial charge on any atom is 0.0794 e. The number of nitrogens with one attached hydrogen (secondary N) is 1. The molecule has 0 spiro atoms. The molecule has 1 atom stereocenters. The molecule has 86 valence electrons. The van der Waals surface area contributed by atoms with Crippen molar-refractivity contribution in [2.45, 2.75) is 12.5 Å². The molecule has 2 aromatic rings. The number of nitrogens with zero attached hydrogens (tertiary/aromatic N) is 1. The highest BCUT2D eigenvalue weighted by Gasteiger charge is 2.17. The van der Waals surface area contributed by atoms with Gasteiger partial charge in [-0.3, -0.25) is 16.3 Å². The Morgan fingerprint density at radius 1 is 1.50 bits per heavy atom. The molecule has 2 rings (SSSR count). The second-order valence-corrected chi connectivity index (χ2v) is 7.89. The Balaban J connectivity index is 2.19. The lowest BCUT2D eigenvalue weighted by Gasteiger charge is -2.13. The number of thiophene rings is 1. The monoisotopic (exact) mass is 381 g/mol. The molecule has 2 aromatic heterocycles. The first-order valence-corrected chi connectivity index (χ1v) is 7.77. The summed E-state index contributed by atoms with van der Waals surface area (Å²) in [7, 11) is 0. The Labute approximate surface area is 118 Å².